The molecule has 7 nitrogen and oxygen atoms in total. The number of hydrogen-bond acceptors (Lipinski definition) is 7. The van der Waals surface area contributed by atoms with E-state index in [2.05, 4.69) is 6.07 Å². The minimum atomic E-state index is -0.243. The van der Waals surface area contributed by atoms with Gasteiger partial charge in [0.1, 0.15) is 11.1 Å². The molecule has 3 heterocycles. The lowest BCUT2D eigenvalue weighted by Crippen LogP contribution is -2.23. The molecule has 0 unspecified atom stereocenters. The zero-order valence-corrected chi connectivity index (χ0v) is 18.7. The molecule has 0 aliphatic carbocycles. The van der Waals surface area contributed by atoms with Crippen molar-refractivity contribution >= 4 is 33.8 Å². The summed E-state index contributed by atoms with van der Waals surface area (Å²) in [7, 11) is 0. The molecular weight excluding hydrogens is 450 g/mol. The van der Waals surface area contributed by atoms with Gasteiger partial charge in [0, 0.05) is 11.1 Å². The van der Waals surface area contributed by atoms with E-state index in [1.165, 1.54) is 11.8 Å². The van der Waals surface area contributed by atoms with Crippen molar-refractivity contribution in [2.75, 3.05) is 6.79 Å². The molecule has 0 radical (unpaired) electrons. The second kappa shape index (κ2) is 8.28. The van der Waals surface area contributed by atoms with Crippen molar-refractivity contribution in [3.63, 3.8) is 0 Å². The number of ether oxygens (including phenoxy) is 2. The highest BCUT2D eigenvalue weighted by molar-refractivity contribution is 7.98. The van der Waals surface area contributed by atoms with Gasteiger partial charge in [-0.15, -0.1) is 0 Å². The SMILES string of the molecule is N#Cc1cccc(CSc2nc3c(oc4ccccc43)c(=O)n2Cc2ccc3c(c2)OCO3)c1. The van der Waals surface area contributed by atoms with Crippen molar-refractivity contribution in [3.8, 4) is 17.6 Å². The Hall–Kier alpha value is -4.22. The number of para-hydroxylation sites is 1. The van der Waals surface area contributed by atoms with Gasteiger partial charge in [-0.25, -0.2) is 4.98 Å². The lowest BCUT2D eigenvalue weighted by molar-refractivity contribution is 0.174. The number of thioether (sulfide) groups is 1. The first kappa shape index (κ1) is 20.4. The van der Waals surface area contributed by atoms with E-state index in [1.807, 2.05) is 60.7 Å². The molecule has 0 saturated heterocycles. The van der Waals surface area contributed by atoms with Gasteiger partial charge in [0.05, 0.1) is 18.2 Å². The highest BCUT2D eigenvalue weighted by Crippen LogP contribution is 2.33. The number of nitriles is 1. The molecule has 0 saturated carbocycles. The number of furan rings is 1. The monoisotopic (exact) mass is 467 g/mol. The standard InChI is InChI=1S/C26H17N3O4S/c27-12-16-4-3-5-18(10-16)14-34-26-28-23-19-6-1-2-7-20(19)33-24(23)25(30)29(26)13-17-8-9-21-22(11-17)32-15-31-21/h1-11H,13-15H2. The predicted molar refractivity (Wildman–Crippen MR) is 128 cm³/mol. The molecule has 1 aliphatic rings. The van der Waals surface area contributed by atoms with E-state index in [1.54, 1.807) is 10.6 Å². The zero-order valence-electron chi connectivity index (χ0n) is 17.9. The van der Waals surface area contributed by atoms with Crippen LogP contribution in [0.25, 0.3) is 22.1 Å². The van der Waals surface area contributed by atoms with Crippen LogP contribution in [0.4, 0.5) is 0 Å². The van der Waals surface area contributed by atoms with Gasteiger partial charge in [-0.3, -0.25) is 9.36 Å². The van der Waals surface area contributed by atoms with Crippen molar-refractivity contribution in [3.05, 3.63) is 93.8 Å². The maximum absolute atomic E-state index is 13.6. The number of hydrogen-bond donors (Lipinski definition) is 0. The van der Waals surface area contributed by atoms with Gasteiger partial charge in [-0.2, -0.15) is 5.26 Å². The molecule has 6 rings (SSSR count). The van der Waals surface area contributed by atoms with Crippen molar-refractivity contribution in [2.24, 2.45) is 0 Å². The number of aromatic nitrogens is 2. The Morgan fingerprint density at radius 1 is 1.00 bits per heavy atom. The average Bonchev–Trinajstić information content (AvgIpc) is 3.49. The fourth-order valence-corrected chi connectivity index (χ4v) is 4.94. The van der Waals surface area contributed by atoms with Crippen LogP contribution in [0.2, 0.25) is 0 Å². The van der Waals surface area contributed by atoms with Gasteiger partial charge in [0.2, 0.25) is 12.4 Å². The summed E-state index contributed by atoms with van der Waals surface area (Å²) in [5.41, 5.74) is 3.63. The Labute approximate surface area is 198 Å². The largest absolute Gasteiger partial charge is 0.454 e. The van der Waals surface area contributed by atoms with Crippen LogP contribution >= 0.6 is 11.8 Å². The van der Waals surface area contributed by atoms with E-state index >= 15 is 0 Å². The molecule has 3 aromatic carbocycles. The second-order valence-electron chi connectivity index (χ2n) is 7.85. The van der Waals surface area contributed by atoms with Gasteiger partial charge in [0.15, 0.2) is 16.7 Å². The van der Waals surface area contributed by atoms with Crippen LogP contribution in [-0.4, -0.2) is 16.3 Å². The van der Waals surface area contributed by atoms with Crippen LogP contribution in [-0.2, 0) is 12.3 Å². The molecule has 0 N–H and O–H groups in total. The Bertz CT molecular complexity index is 1670. The first-order valence-corrected chi connectivity index (χ1v) is 11.6. The summed E-state index contributed by atoms with van der Waals surface area (Å²) in [5, 5.41) is 10.6. The van der Waals surface area contributed by atoms with Gasteiger partial charge in [0.25, 0.3) is 5.56 Å². The maximum Gasteiger partial charge on any atom is 0.298 e. The summed E-state index contributed by atoms with van der Waals surface area (Å²) < 4.78 is 18.4. The van der Waals surface area contributed by atoms with Crippen LogP contribution in [0, 0.1) is 11.3 Å². The summed E-state index contributed by atoms with van der Waals surface area (Å²) in [4.78, 5) is 18.4. The van der Waals surface area contributed by atoms with E-state index in [4.69, 9.17) is 18.9 Å². The third-order valence-electron chi connectivity index (χ3n) is 5.65. The Morgan fingerprint density at radius 2 is 1.88 bits per heavy atom. The van der Waals surface area contributed by atoms with Gasteiger partial charge in [-0.05, 0) is 47.5 Å². The molecule has 0 amide bonds. The molecule has 0 fully saturated rings. The number of fused-ring (bicyclic) bond motifs is 4. The number of nitrogens with zero attached hydrogens (tertiary/aromatic N) is 3. The van der Waals surface area contributed by atoms with Crippen molar-refractivity contribution in [1.82, 2.24) is 9.55 Å². The zero-order chi connectivity index (χ0) is 23.1. The molecule has 34 heavy (non-hydrogen) atoms. The van der Waals surface area contributed by atoms with Crippen molar-refractivity contribution in [1.29, 1.82) is 5.26 Å². The first-order valence-electron chi connectivity index (χ1n) is 10.6. The second-order valence-corrected chi connectivity index (χ2v) is 8.79. The lowest BCUT2D eigenvalue weighted by Gasteiger charge is -2.12. The molecule has 0 atom stereocenters. The van der Waals surface area contributed by atoms with Gasteiger partial charge in [-0.1, -0.05) is 42.1 Å². The fourth-order valence-electron chi connectivity index (χ4n) is 4.00. The van der Waals surface area contributed by atoms with Crippen molar-refractivity contribution < 1.29 is 13.9 Å². The lowest BCUT2D eigenvalue weighted by atomic mass is 10.2. The van der Waals surface area contributed by atoms with E-state index in [-0.39, 0.29) is 17.9 Å². The minimum Gasteiger partial charge on any atom is -0.454 e. The maximum atomic E-state index is 13.6. The van der Waals surface area contributed by atoms with E-state index in [9.17, 15) is 10.1 Å². The average molecular weight is 468 g/mol. The fraction of sp³-hybridized carbons (Fsp3) is 0.115. The minimum absolute atomic E-state index is 0.189. The number of benzene rings is 3. The highest BCUT2D eigenvalue weighted by atomic mass is 32.2. The first-order chi connectivity index (χ1) is 16.7. The Balaban J connectivity index is 1.45. The molecule has 8 heteroatoms. The third kappa shape index (κ3) is 3.56. The molecular formula is C26H17N3O4S. The summed E-state index contributed by atoms with van der Waals surface area (Å²) >= 11 is 1.45. The molecule has 0 spiro atoms. The molecule has 2 aromatic heterocycles. The Kier molecular flexibility index (Phi) is 4.97. The highest BCUT2D eigenvalue weighted by Gasteiger charge is 2.19. The predicted octanol–water partition coefficient (Wildman–Crippen LogP) is 5.08. The topological polar surface area (TPSA) is 90.3 Å². The van der Waals surface area contributed by atoms with Crippen LogP contribution < -0.4 is 15.0 Å². The summed E-state index contributed by atoms with van der Waals surface area (Å²) in [6.07, 6.45) is 0. The van der Waals surface area contributed by atoms with Crippen LogP contribution in [0.3, 0.4) is 0 Å². The summed E-state index contributed by atoms with van der Waals surface area (Å²) in [6.45, 7) is 0.490. The van der Waals surface area contributed by atoms with Gasteiger partial charge < -0.3 is 13.9 Å². The van der Waals surface area contributed by atoms with E-state index < -0.39 is 0 Å². The smallest absolute Gasteiger partial charge is 0.298 e. The molecule has 166 valence electrons. The van der Waals surface area contributed by atoms with Gasteiger partial charge >= 0.3 is 0 Å². The van der Waals surface area contributed by atoms with E-state index in [0.29, 0.717) is 45.6 Å². The van der Waals surface area contributed by atoms with Crippen molar-refractivity contribution in [2.45, 2.75) is 17.5 Å². The normalized spacial score (nSPS) is 12.3. The molecule has 0 bridgehead atoms. The van der Waals surface area contributed by atoms with Crippen LogP contribution in [0.5, 0.6) is 11.5 Å². The Morgan fingerprint density at radius 3 is 2.79 bits per heavy atom. The van der Waals surface area contributed by atoms with Crippen LogP contribution in [0.1, 0.15) is 16.7 Å². The quantitative estimate of drug-likeness (QED) is 0.263. The molecule has 1 aliphatic heterocycles. The molecule has 5 aromatic rings. The third-order valence-corrected chi connectivity index (χ3v) is 6.70. The van der Waals surface area contributed by atoms with E-state index in [0.717, 1.165) is 16.5 Å². The summed E-state index contributed by atoms with van der Waals surface area (Å²) in [6, 6.07) is 22.7. The summed E-state index contributed by atoms with van der Waals surface area (Å²) in [5.74, 6) is 1.91. The van der Waals surface area contributed by atoms with Crippen LogP contribution in [0.15, 0.2) is 81.1 Å². The number of rotatable bonds is 5.